The summed E-state index contributed by atoms with van der Waals surface area (Å²) in [5.41, 5.74) is 1.06. The van der Waals surface area contributed by atoms with Gasteiger partial charge in [0.25, 0.3) is 0 Å². The van der Waals surface area contributed by atoms with Gasteiger partial charge in [-0.25, -0.2) is 4.79 Å². The van der Waals surface area contributed by atoms with E-state index in [4.69, 9.17) is 9.47 Å². The average Bonchev–Trinajstić information content (AvgIpc) is 3.33. The van der Waals surface area contributed by atoms with Gasteiger partial charge in [-0.15, -0.1) is 11.3 Å². The number of urea groups is 1. The number of ether oxygens (including phenoxy) is 2. The molecule has 0 spiro atoms. The molecule has 3 rings (SSSR count). The van der Waals surface area contributed by atoms with Crippen molar-refractivity contribution in [2.75, 3.05) is 27.3 Å². The minimum absolute atomic E-state index is 0.0239. The van der Waals surface area contributed by atoms with Crippen LogP contribution in [0.25, 0.3) is 0 Å². The van der Waals surface area contributed by atoms with Gasteiger partial charge in [0.15, 0.2) is 11.5 Å². The highest BCUT2D eigenvalue weighted by molar-refractivity contribution is 7.11. The van der Waals surface area contributed by atoms with E-state index in [1.54, 1.807) is 30.5 Å². The SMILES string of the molecule is CCC(C)N(CC(=O)N(CCc1ccc(OC)c(OC)c1)Cc1ccc(C)s1)C(=O)NC1CCCCC1. The maximum atomic E-state index is 13.7. The highest BCUT2D eigenvalue weighted by atomic mass is 32.1. The Morgan fingerprint density at radius 1 is 1.08 bits per heavy atom. The molecule has 1 atom stereocenters. The molecule has 1 aromatic carbocycles. The van der Waals surface area contributed by atoms with Crippen molar-refractivity contribution in [1.82, 2.24) is 15.1 Å². The number of rotatable bonds is 12. The Morgan fingerprint density at radius 3 is 2.43 bits per heavy atom. The average molecular weight is 530 g/mol. The maximum absolute atomic E-state index is 13.7. The fourth-order valence-electron chi connectivity index (χ4n) is 4.75. The van der Waals surface area contributed by atoms with E-state index in [2.05, 4.69) is 31.3 Å². The van der Waals surface area contributed by atoms with Crippen LogP contribution in [0.4, 0.5) is 4.79 Å². The number of carbonyl (C=O) groups is 2. The molecular weight excluding hydrogens is 486 g/mol. The van der Waals surface area contributed by atoms with Crippen LogP contribution in [0, 0.1) is 6.92 Å². The highest BCUT2D eigenvalue weighted by Gasteiger charge is 2.27. The van der Waals surface area contributed by atoms with Gasteiger partial charge in [0, 0.05) is 28.4 Å². The minimum Gasteiger partial charge on any atom is -0.493 e. The van der Waals surface area contributed by atoms with E-state index in [9.17, 15) is 9.59 Å². The summed E-state index contributed by atoms with van der Waals surface area (Å²) < 4.78 is 10.8. The van der Waals surface area contributed by atoms with E-state index in [1.165, 1.54) is 11.3 Å². The molecule has 0 radical (unpaired) electrons. The molecule has 1 unspecified atom stereocenters. The number of methoxy groups -OCH3 is 2. The van der Waals surface area contributed by atoms with Crippen molar-refractivity contribution in [2.45, 2.75) is 84.3 Å². The number of carbonyl (C=O) groups excluding carboxylic acids is 2. The van der Waals surface area contributed by atoms with Crippen LogP contribution in [0.2, 0.25) is 0 Å². The number of thiophene rings is 1. The second-order valence-electron chi connectivity index (χ2n) is 9.94. The zero-order chi connectivity index (χ0) is 26.8. The third-order valence-electron chi connectivity index (χ3n) is 7.24. The van der Waals surface area contributed by atoms with Crippen LogP contribution in [-0.4, -0.2) is 61.1 Å². The molecule has 0 aliphatic heterocycles. The van der Waals surface area contributed by atoms with Crippen molar-refractivity contribution in [3.8, 4) is 11.5 Å². The van der Waals surface area contributed by atoms with E-state index in [1.807, 2.05) is 30.0 Å². The van der Waals surface area contributed by atoms with E-state index in [0.717, 1.165) is 42.5 Å². The standard InChI is InChI=1S/C29H43N3O4S/c1-6-21(2)32(29(34)30-24-10-8-7-9-11-24)20-28(33)31(19-25-14-12-22(3)37-25)17-16-23-13-15-26(35-4)27(18-23)36-5/h12-15,18,21,24H,6-11,16-17,19-20H2,1-5H3,(H,30,34). The predicted octanol–water partition coefficient (Wildman–Crippen LogP) is 5.79. The van der Waals surface area contributed by atoms with Gasteiger partial charge in [0.1, 0.15) is 6.54 Å². The molecule has 1 saturated carbocycles. The van der Waals surface area contributed by atoms with Crippen LogP contribution >= 0.6 is 11.3 Å². The number of hydrogen-bond acceptors (Lipinski definition) is 5. The molecule has 204 valence electrons. The maximum Gasteiger partial charge on any atom is 0.318 e. The second kappa shape index (κ2) is 14.3. The first-order valence-corrected chi connectivity index (χ1v) is 14.3. The first kappa shape index (κ1) is 28.8. The summed E-state index contributed by atoms with van der Waals surface area (Å²) in [6, 6.07) is 10.1. The summed E-state index contributed by atoms with van der Waals surface area (Å²) in [6.07, 6.45) is 7.04. The van der Waals surface area contributed by atoms with Crippen LogP contribution in [0.3, 0.4) is 0 Å². The molecule has 37 heavy (non-hydrogen) atoms. The van der Waals surface area contributed by atoms with Crippen molar-refractivity contribution >= 4 is 23.3 Å². The number of amides is 3. The molecule has 0 saturated heterocycles. The number of aryl methyl sites for hydroxylation is 1. The summed E-state index contributed by atoms with van der Waals surface area (Å²) in [4.78, 5) is 32.9. The number of nitrogens with one attached hydrogen (secondary N) is 1. The van der Waals surface area contributed by atoms with Crippen LogP contribution in [-0.2, 0) is 17.8 Å². The Bertz CT molecular complexity index is 1020. The largest absolute Gasteiger partial charge is 0.493 e. The quantitative estimate of drug-likeness (QED) is 0.378. The van der Waals surface area contributed by atoms with E-state index in [0.29, 0.717) is 31.0 Å². The summed E-state index contributed by atoms with van der Waals surface area (Å²) in [5, 5.41) is 3.21. The Balaban J connectivity index is 1.73. The number of hydrogen-bond donors (Lipinski definition) is 1. The van der Waals surface area contributed by atoms with Crippen molar-refractivity contribution < 1.29 is 19.1 Å². The van der Waals surface area contributed by atoms with Gasteiger partial charge in [-0.2, -0.15) is 0 Å². The molecule has 1 fully saturated rings. The van der Waals surface area contributed by atoms with Crippen LogP contribution in [0.15, 0.2) is 30.3 Å². The molecule has 0 bridgehead atoms. The Morgan fingerprint density at radius 2 is 1.81 bits per heavy atom. The van der Waals surface area contributed by atoms with E-state index in [-0.39, 0.29) is 30.6 Å². The van der Waals surface area contributed by atoms with E-state index >= 15 is 0 Å². The van der Waals surface area contributed by atoms with Gasteiger partial charge < -0.3 is 24.6 Å². The monoisotopic (exact) mass is 529 g/mol. The molecule has 8 heteroatoms. The third kappa shape index (κ3) is 8.38. The van der Waals surface area contributed by atoms with Gasteiger partial charge in [-0.1, -0.05) is 32.3 Å². The molecular formula is C29H43N3O4S. The van der Waals surface area contributed by atoms with Gasteiger partial charge in [-0.05, 0) is 69.4 Å². The lowest BCUT2D eigenvalue weighted by Crippen LogP contribution is -2.52. The molecule has 2 aromatic rings. The van der Waals surface area contributed by atoms with E-state index < -0.39 is 0 Å². The topological polar surface area (TPSA) is 71.1 Å². The lowest BCUT2D eigenvalue weighted by atomic mass is 9.96. The van der Waals surface area contributed by atoms with Crippen molar-refractivity contribution in [2.24, 2.45) is 0 Å². The second-order valence-corrected chi connectivity index (χ2v) is 11.3. The zero-order valence-electron chi connectivity index (χ0n) is 23.0. The van der Waals surface area contributed by atoms with Gasteiger partial charge in [0.05, 0.1) is 20.8 Å². The van der Waals surface area contributed by atoms with Crippen molar-refractivity contribution in [1.29, 1.82) is 0 Å². The van der Waals surface area contributed by atoms with Crippen LogP contribution in [0.5, 0.6) is 11.5 Å². The van der Waals surface area contributed by atoms with Crippen molar-refractivity contribution in [3.63, 3.8) is 0 Å². The first-order chi connectivity index (χ1) is 17.8. The molecule has 1 N–H and O–H groups in total. The lowest BCUT2D eigenvalue weighted by Gasteiger charge is -2.33. The molecule has 7 nitrogen and oxygen atoms in total. The van der Waals surface area contributed by atoms with Crippen LogP contribution < -0.4 is 14.8 Å². The van der Waals surface area contributed by atoms with Crippen molar-refractivity contribution in [3.05, 3.63) is 45.6 Å². The predicted molar refractivity (Wildman–Crippen MR) is 150 cm³/mol. The fraction of sp³-hybridized carbons (Fsp3) is 0.586. The van der Waals surface area contributed by atoms with Crippen LogP contribution in [0.1, 0.15) is 67.7 Å². The smallest absolute Gasteiger partial charge is 0.318 e. The molecule has 1 aliphatic carbocycles. The Kier molecular flexibility index (Phi) is 11.1. The zero-order valence-corrected chi connectivity index (χ0v) is 23.9. The molecule has 1 aromatic heterocycles. The first-order valence-electron chi connectivity index (χ1n) is 13.5. The summed E-state index contributed by atoms with van der Waals surface area (Å²) in [7, 11) is 3.24. The number of nitrogens with zero attached hydrogens (tertiary/aromatic N) is 2. The van der Waals surface area contributed by atoms with Gasteiger partial charge >= 0.3 is 6.03 Å². The highest BCUT2D eigenvalue weighted by Crippen LogP contribution is 2.28. The Labute approximate surface area is 226 Å². The molecule has 1 aliphatic rings. The summed E-state index contributed by atoms with van der Waals surface area (Å²) in [6.45, 7) is 7.30. The lowest BCUT2D eigenvalue weighted by molar-refractivity contribution is -0.132. The van der Waals surface area contributed by atoms with Gasteiger partial charge in [-0.3, -0.25) is 4.79 Å². The third-order valence-corrected chi connectivity index (χ3v) is 8.22. The number of benzene rings is 1. The molecule has 3 amide bonds. The normalized spacial score (nSPS) is 14.6. The summed E-state index contributed by atoms with van der Waals surface area (Å²) >= 11 is 1.70. The van der Waals surface area contributed by atoms with Gasteiger partial charge in [0.2, 0.25) is 5.91 Å². The summed E-state index contributed by atoms with van der Waals surface area (Å²) in [5.74, 6) is 1.32. The Hall–Kier alpha value is -2.74. The fourth-order valence-corrected chi connectivity index (χ4v) is 5.65. The molecule has 1 heterocycles. The minimum atomic E-state index is -0.124.